The van der Waals surface area contributed by atoms with Gasteiger partial charge in [0, 0.05) is 26.2 Å². The van der Waals surface area contributed by atoms with E-state index < -0.39 is 11.6 Å². The van der Waals surface area contributed by atoms with Crippen LogP contribution in [0.25, 0.3) is 0 Å². The van der Waals surface area contributed by atoms with Crippen LogP contribution in [-0.4, -0.2) is 25.3 Å². The first-order valence-electron chi connectivity index (χ1n) is 4.61. The molecule has 1 rings (SSSR count). The zero-order chi connectivity index (χ0) is 12.2. The molecule has 1 heterocycles. The lowest BCUT2D eigenvalue weighted by Gasteiger charge is -2.12. The van der Waals surface area contributed by atoms with E-state index in [1.165, 1.54) is 19.2 Å². The first kappa shape index (κ1) is 13.1. The number of hydrogen-bond acceptors (Lipinski definition) is 3. The van der Waals surface area contributed by atoms with Gasteiger partial charge in [0.2, 0.25) is 0 Å². The van der Waals surface area contributed by atoms with Crippen LogP contribution in [0.2, 0.25) is 5.15 Å². The van der Waals surface area contributed by atoms with Gasteiger partial charge in [0.25, 0.3) is 5.92 Å². The maximum Gasteiger partial charge on any atom is 0.287 e. The lowest BCUT2D eigenvalue weighted by molar-refractivity contribution is 0.0124. The van der Waals surface area contributed by atoms with Crippen LogP contribution in [0.4, 0.5) is 8.78 Å². The van der Waals surface area contributed by atoms with Crippen molar-refractivity contribution in [2.24, 2.45) is 0 Å². The van der Waals surface area contributed by atoms with Gasteiger partial charge in [0.05, 0.1) is 6.61 Å². The second-order valence-electron chi connectivity index (χ2n) is 3.24. The van der Waals surface area contributed by atoms with Gasteiger partial charge in [0.15, 0.2) is 0 Å². The fourth-order valence-electron chi connectivity index (χ4n) is 1.02. The second kappa shape index (κ2) is 5.41. The predicted molar refractivity (Wildman–Crippen MR) is 56.2 cm³/mol. The first-order valence-corrected chi connectivity index (χ1v) is 4.99. The maximum atomic E-state index is 13.0. The summed E-state index contributed by atoms with van der Waals surface area (Å²) in [7, 11) is 1.52. The van der Waals surface area contributed by atoms with Crippen molar-refractivity contribution in [3.63, 3.8) is 0 Å². The zero-order valence-corrected chi connectivity index (χ0v) is 9.72. The highest BCUT2D eigenvalue weighted by Crippen LogP contribution is 2.29. The highest BCUT2D eigenvalue weighted by atomic mass is 35.5. The third-order valence-corrected chi connectivity index (χ3v) is 1.97. The molecule has 0 aliphatic rings. The minimum Gasteiger partial charge on any atom is -0.491 e. The molecule has 1 aromatic rings. The minimum atomic E-state index is -3.04. The number of nitrogens with zero attached hydrogens (tertiary/aromatic N) is 1. The molecular formula is C10H12ClF2NO2. The summed E-state index contributed by atoms with van der Waals surface area (Å²) in [5.41, 5.74) is -0.410. The summed E-state index contributed by atoms with van der Waals surface area (Å²) in [6.45, 7) is 1.40. The minimum absolute atomic E-state index is 0.0218. The Morgan fingerprint density at radius 2 is 2.06 bits per heavy atom. The summed E-state index contributed by atoms with van der Waals surface area (Å²) in [6.07, 6.45) is 0. The topological polar surface area (TPSA) is 31.4 Å². The summed E-state index contributed by atoms with van der Waals surface area (Å²) in [5, 5.41) is -0.0218. The quantitative estimate of drug-likeness (QED) is 0.596. The molecular weight excluding hydrogens is 240 g/mol. The molecule has 0 fully saturated rings. The fourth-order valence-corrected chi connectivity index (χ4v) is 1.22. The summed E-state index contributed by atoms with van der Waals surface area (Å²) in [5.74, 6) is -2.78. The number of alkyl halides is 2. The van der Waals surface area contributed by atoms with Crippen molar-refractivity contribution < 1.29 is 18.3 Å². The first-order chi connectivity index (χ1) is 7.43. The van der Waals surface area contributed by atoms with E-state index in [0.717, 1.165) is 6.92 Å². The molecule has 0 aliphatic carbocycles. The van der Waals surface area contributed by atoms with Crippen molar-refractivity contribution in [2.75, 3.05) is 20.3 Å². The Labute approximate surface area is 97.3 Å². The summed E-state index contributed by atoms with van der Waals surface area (Å²) in [4.78, 5) is 3.54. The van der Waals surface area contributed by atoms with E-state index >= 15 is 0 Å². The van der Waals surface area contributed by atoms with E-state index in [1.54, 1.807) is 0 Å². The SMILES string of the molecule is COCCOc1cc(Cl)nc(C(C)(F)F)c1. The largest absolute Gasteiger partial charge is 0.491 e. The third-order valence-electron chi connectivity index (χ3n) is 1.77. The van der Waals surface area contributed by atoms with Crippen molar-refractivity contribution in [1.29, 1.82) is 0 Å². The van der Waals surface area contributed by atoms with Crippen molar-refractivity contribution in [2.45, 2.75) is 12.8 Å². The van der Waals surface area contributed by atoms with E-state index in [-0.39, 0.29) is 17.5 Å². The molecule has 1 aromatic heterocycles. The number of methoxy groups -OCH3 is 1. The molecule has 0 radical (unpaired) electrons. The Kier molecular flexibility index (Phi) is 4.44. The third kappa shape index (κ3) is 3.90. The van der Waals surface area contributed by atoms with Crippen LogP contribution in [0.5, 0.6) is 5.75 Å². The lowest BCUT2D eigenvalue weighted by Crippen LogP contribution is -2.11. The average molecular weight is 252 g/mol. The molecule has 0 N–H and O–H groups in total. The highest BCUT2D eigenvalue weighted by Gasteiger charge is 2.27. The lowest BCUT2D eigenvalue weighted by atomic mass is 10.2. The highest BCUT2D eigenvalue weighted by molar-refractivity contribution is 6.29. The normalized spacial score (nSPS) is 11.6. The van der Waals surface area contributed by atoms with E-state index in [4.69, 9.17) is 21.1 Å². The standard InChI is InChI=1S/C10H12ClF2NO2/c1-10(12,13)8-5-7(6-9(11)14-8)16-4-3-15-2/h5-6H,3-4H2,1-2H3. The fraction of sp³-hybridized carbons (Fsp3) is 0.500. The summed E-state index contributed by atoms with van der Waals surface area (Å²) in [6, 6.07) is 2.55. The second-order valence-corrected chi connectivity index (χ2v) is 3.63. The van der Waals surface area contributed by atoms with Gasteiger partial charge in [-0.05, 0) is 0 Å². The number of ether oxygens (including phenoxy) is 2. The van der Waals surface area contributed by atoms with Gasteiger partial charge < -0.3 is 9.47 Å². The number of rotatable bonds is 5. The number of hydrogen-bond donors (Lipinski definition) is 0. The molecule has 3 nitrogen and oxygen atoms in total. The number of halogens is 3. The van der Waals surface area contributed by atoms with Gasteiger partial charge in [-0.25, -0.2) is 4.98 Å². The van der Waals surface area contributed by atoms with Gasteiger partial charge >= 0.3 is 0 Å². The van der Waals surface area contributed by atoms with E-state index in [9.17, 15) is 8.78 Å². The van der Waals surface area contributed by atoms with Crippen LogP contribution in [0.15, 0.2) is 12.1 Å². The smallest absolute Gasteiger partial charge is 0.287 e. The van der Waals surface area contributed by atoms with Crippen molar-refractivity contribution in [1.82, 2.24) is 4.98 Å². The van der Waals surface area contributed by atoms with Crippen LogP contribution in [0, 0.1) is 0 Å². The Balaban J connectivity index is 2.82. The predicted octanol–water partition coefficient (Wildman–Crippen LogP) is 2.87. The molecule has 0 saturated carbocycles. The van der Waals surface area contributed by atoms with E-state index in [2.05, 4.69) is 4.98 Å². The Bertz CT molecular complexity index is 355. The molecule has 0 atom stereocenters. The Morgan fingerprint density at radius 3 is 2.62 bits per heavy atom. The number of pyridine rings is 1. The molecule has 0 bridgehead atoms. The van der Waals surface area contributed by atoms with Crippen LogP contribution in [-0.2, 0) is 10.7 Å². The van der Waals surface area contributed by atoms with Crippen LogP contribution in [0.3, 0.4) is 0 Å². The molecule has 0 aromatic carbocycles. The summed E-state index contributed by atoms with van der Waals surface area (Å²) < 4.78 is 36.0. The van der Waals surface area contributed by atoms with Gasteiger partial charge in [-0.1, -0.05) is 11.6 Å². The van der Waals surface area contributed by atoms with Gasteiger partial charge in [0.1, 0.15) is 23.2 Å². The molecule has 6 heteroatoms. The molecule has 0 saturated heterocycles. The zero-order valence-electron chi connectivity index (χ0n) is 8.97. The summed E-state index contributed by atoms with van der Waals surface area (Å²) >= 11 is 5.61. The van der Waals surface area contributed by atoms with Gasteiger partial charge in [-0.2, -0.15) is 8.78 Å². The average Bonchev–Trinajstić information content (AvgIpc) is 2.16. The van der Waals surface area contributed by atoms with Gasteiger partial charge in [-0.3, -0.25) is 0 Å². The van der Waals surface area contributed by atoms with Crippen molar-refractivity contribution in [3.8, 4) is 5.75 Å². The molecule has 90 valence electrons. The van der Waals surface area contributed by atoms with Crippen LogP contribution in [0.1, 0.15) is 12.6 Å². The van der Waals surface area contributed by atoms with E-state index in [0.29, 0.717) is 6.61 Å². The number of aromatic nitrogens is 1. The molecule has 0 unspecified atom stereocenters. The molecule has 16 heavy (non-hydrogen) atoms. The van der Waals surface area contributed by atoms with E-state index in [1.807, 2.05) is 0 Å². The van der Waals surface area contributed by atoms with Crippen LogP contribution >= 0.6 is 11.6 Å². The Morgan fingerprint density at radius 1 is 1.38 bits per heavy atom. The molecule has 0 spiro atoms. The maximum absolute atomic E-state index is 13.0. The van der Waals surface area contributed by atoms with Crippen LogP contribution < -0.4 is 4.74 Å². The molecule has 0 aliphatic heterocycles. The Hall–Kier alpha value is -0.940. The molecule has 0 amide bonds. The van der Waals surface area contributed by atoms with Crippen molar-refractivity contribution >= 4 is 11.6 Å². The monoisotopic (exact) mass is 251 g/mol. The van der Waals surface area contributed by atoms with Crippen molar-refractivity contribution in [3.05, 3.63) is 23.0 Å². The van der Waals surface area contributed by atoms with Gasteiger partial charge in [-0.15, -0.1) is 0 Å².